The minimum atomic E-state index is -0.351. The van der Waals surface area contributed by atoms with Crippen molar-refractivity contribution in [3.63, 3.8) is 0 Å². The van der Waals surface area contributed by atoms with Gasteiger partial charge in [0.05, 0.1) is 28.6 Å². The first-order chi connectivity index (χ1) is 13.9. The van der Waals surface area contributed by atoms with Crippen molar-refractivity contribution in [1.82, 2.24) is 15.1 Å². The highest BCUT2D eigenvalue weighted by Crippen LogP contribution is 2.22. The van der Waals surface area contributed by atoms with Crippen molar-refractivity contribution in [2.45, 2.75) is 13.8 Å². The van der Waals surface area contributed by atoms with Crippen LogP contribution in [0.5, 0.6) is 0 Å². The molecule has 0 bridgehead atoms. The lowest BCUT2D eigenvalue weighted by Crippen LogP contribution is -2.32. The van der Waals surface area contributed by atoms with Crippen LogP contribution in [-0.2, 0) is 4.79 Å². The van der Waals surface area contributed by atoms with Crippen molar-refractivity contribution in [2.75, 3.05) is 11.9 Å². The molecular formula is C22H19ClN4O2. The number of rotatable bonds is 5. The largest absolute Gasteiger partial charge is 0.343 e. The van der Waals surface area contributed by atoms with Gasteiger partial charge in [0.2, 0.25) is 5.91 Å². The quantitative estimate of drug-likeness (QED) is 0.637. The summed E-state index contributed by atoms with van der Waals surface area (Å²) >= 11 is 6.18. The van der Waals surface area contributed by atoms with Crippen LogP contribution in [0.4, 0.5) is 5.69 Å². The summed E-state index contributed by atoms with van der Waals surface area (Å²) in [6, 6.07) is 13.8. The number of aromatic nitrogens is 2. The van der Waals surface area contributed by atoms with Gasteiger partial charge in [-0.3, -0.25) is 9.59 Å². The van der Waals surface area contributed by atoms with E-state index in [9.17, 15) is 9.59 Å². The minimum absolute atomic E-state index is 0.159. The average Bonchev–Trinajstić information content (AvgIpc) is 2.99. The molecule has 29 heavy (non-hydrogen) atoms. The Kier molecular flexibility index (Phi) is 6.01. The van der Waals surface area contributed by atoms with E-state index in [0.717, 1.165) is 17.1 Å². The Labute approximate surface area is 173 Å². The Balaban J connectivity index is 1.60. The number of hydrogen-bond acceptors (Lipinski definition) is 3. The SMILES string of the molecule is C#Cc1cccc(NC(=O)CNC(=O)c2ccc(-n3nc(C)c(Cl)c3C)cc2)c1. The molecule has 0 aliphatic carbocycles. The fraction of sp³-hybridized carbons (Fsp3) is 0.136. The summed E-state index contributed by atoms with van der Waals surface area (Å²) in [6.45, 7) is 3.55. The first kappa shape index (κ1) is 20.2. The monoisotopic (exact) mass is 406 g/mol. The predicted molar refractivity (Wildman–Crippen MR) is 113 cm³/mol. The second-order valence-electron chi connectivity index (χ2n) is 6.40. The first-order valence-electron chi connectivity index (χ1n) is 8.86. The smallest absolute Gasteiger partial charge is 0.251 e. The van der Waals surface area contributed by atoms with Crippen LogP contribution in [0.3, 0.4) is 0 Å². The zero-order valence-corrected chi connectivity index (χ0v) is 16.7. The number of anilines is 1. The van der Waals surface area contributed by atoms with Gasteiger partial charge in [0.1, 0.15) is 0 Å². The summed E-state index contributed by atoms with van der Waals surface area (Å²) in [5, 5.41) is 10.3. The van der Waals surface area contributed by atoms with E-state index < -0.39 is 0 Å². The summed E-state index contributed by atoms with van der Waals surface area (Å²) in [5.41, 5.74) is 4.03. The fourth-order valence-corrected chi connectivity index (χ4v) is 2.90. The lowest BCUT2D eigenvalue weighted by atomic mass is 10.2. The van der Waals surface area contributed by atoms with E-state index in [0.29, 0.717) is 21.8 Å². The van der Waals surface area contributed by atoms with Crippen molar-refractivity contribution in [3.05, 3.63) is 76.1 Å². The average molecular weight is 407 g/mol. The third kappa shape index (κ3) is 4.65. The van der Waals surface area contributed by atoms with Gasteiger partial charge in [-0.2, -0.15) is 5.10 Å². The lowest BCUT2D eigenvalue weighted by Gasteiger charge is -2.09. The van der Waals surface area contributed by atoms with Crippen molar-refractivity contribution in [3.8, 4) is 18.0 Å². The van der Waals surface area contributed by atoms with Crippen LogP contribution in [0.1, 0.15) is 27.3 Å². The van der Waals surface area contributed by atoms with E-state index in [4.69, 9.17) is 18.0 Å². The van der Waals surface area contributed by atoms with Gasteiger partial charge in [-0.05, 0) is 56.3 Å². The minimum Gasteiger partial charge on any atom is -0.343 e. The topological polar surface area (TPSA) is 76.0 Å². The maximum absolute atomic E-state index is 12.3. The molecule has 0 spiro atoms. The van der Waals surface area contributed by atoms with Gasteiger partial charge in [-0.15, -0.1) is 6.42 Å². The first-order valence-corrected chi connectivity index (χ1v) is 9.23. The van der Waals surface area contributed by atoms with Crippen molar-refractivity contribution < 1.29 is 9.59 Å². The third-order valence-corrected chi connectivity index (χ3v) is 4.85. The molecular weight excluding hydrogens is 388 g/mol. The number of amides is 2. The molecule has 1 aromatic heterocycles. The molecule has 0 atom stereocenters. The molecule has 0 fully saturated rings. The molecule has 146 valence electrons. The number of halogens is 1. The predicted octanol–water partition coefficient (Wildman–Crippen LogP) is 3.49. The molecule has 2 N–H and O–H groups in total. The molecule has 0 aliphatic rings. The standard InChI is InChI=1S/C22H19ClN4O2/c1-4-16-6-5-7-18(12-16)25-20(28)13-24-22(29)17-8-10-19(11-9-17)27-15(3)21(23)14(2)26-27/h1,5-12H,13H2,2-3H3,(H,24,29)(H,25,28). The molecule has 0 unspecified atom stereocenters. The van der Waals surface area contributed by atoms with Crippen LogP contribution >= 0.6 is 11.6 Å². The third-order valence-electron chi connectivity index (χ3n) is 4.30. The van der Waals surface area contributed by atoms with Gasteiger partial charge in [-0.25, -0.2) is 4.68 Å². The molecule has 2 aromatic carbocycles. The van der Waals surface area contributed by atoms with Crippen molar-refractivity contribution in [2.24, 2.45) is 0 Å². The molecule has 0 saturated carbocycles. The molecule has 0 aliphatic heterocycles. The highest BCUT2D eigenvalue weighted by Gasteiger charge is 2.12. The van der Waals surface area contributed by atoms with Gasteiger partial charge in [-0.1, -0.05) is 23.6 Å². The molecule has 2 amide bonds. The van der Waals surface area contributed by atoms with E-state index in [2.05, 4.69) is 21.7 Å². The molecule has 6 nitrogen and oxygen atoms in total. The summed E-state index contributed by atoms with van der Waals surface area (Å²) < 4.78 is 1.72. The molecule has 1 heterocycles. The Bertz CT molecular complexity index is 1110. The molecule has 0 radical (unpaired) electrons. The van der Waals surface area contributed by atoms with Crippen LogP contribution < -0.4 is 10.6 Å². The van der Waals surface area contributed by atoms with E-state index in [1.807, 2.05) is 13.8 Å². The number of aryl methyl sites for hydroxylation is 1. The number of nitrogens with zero attached hydrogens (tertiary/aromatic N) is 2. The van der Waals surface area contributed by atoms with Crippen LogP contribution in [0.2, 0.25) is 5.02 Å². The van der Waals surface area contributed by atoms with Gasteiger partial charge in [0, 0.05) is 16.8 Å². The van der Waals surface area contributed by atoms with Crippen LogP contribution in [0.25, 0.3) is 5.69 Å². The summed E-state index contributed by atoms with van der Waals surface area (Å²) in [6.07, 6.45) is 5.35. The molecule has 7 heteroatoms. The Morgan fingerprint density at radius 1 is 1.17 bits per heavy atom. The Morgan fingerprint density at radius 2 is 1.90 bits per heavy atom. The van der Waals surface area contributed by atoms with Crippen LogP contribution in [0.15, 0.2) is 48.5 Å². The number of carbonyl (C=O) groups excluding carboxylic acids is 2. The Morgan fingerprint density at radius 3 is 2.52 bits per heavy atom. The second-order valence-corrected chi connectivity index (χ2v) is 6.78. The zero-order valence-electron chi connectivity index (χ0n) is 16.0. The maximum Gasteiger partial charge on any atom is 0.251 e. The number of terminal acetylenes is 1. The number of hydrogen-bond donors (Lipinski definition) is 2. The van der Waals surface area contributed by atoms with Crippen LogP contribution in [0, 0.1) is 26.2 Å². The highest BCUT2D eigenvalue weighted by molar-refractivity contribution is 6.31. The molecule has 3 aromatic rings. The van der Waals surface area contributed by atoms with Gasteiger partial charge in [0.25, 0.3) is 5.91 Å². The fourth-order valence-electron chi connectivity index (χ4n) is 2.78. The van der Waals surface area contributed by atoms with Gasteiger partial charge in [0.15, 0.2) is 0 Å². The number of carbonyl (C=O) groups is 2. The zero-order chi connectivity index (χ0) is 21.0. The maximum atomic E-state index is 12.3. The van der Waals surface area contributed by atoms with Crippen LogP contribution in [-0.4, -0.2) is 28.1 Å². The summed E-state index contributed by atoms with van der Waals surface area (Å²) in [7, 11) is 0. The summed E-state index contributed by atoms with van der Waals surface area (Å²) in [5.74, 6) is 1.80. The van der Waals surface area contributed by atoms with Gasteiger partial charge >= 0.3 is 0 Å². The van der Waals surface area contributed by atoms with Crippen molar-refractivity contribution in [1.29, 1.82) is 0 Å². The number of benzene rings is 2. The van der Waals surface area contributed by atoms with E-state index in [-0.39, 0.29) is 18.4 Å². The van der Waals surface area contributed by atoms with Gasteiger partial charge < -0.3 is 10.6 Å². The lowest BCUT2D eigenvalue weighted by molar-refractivity contribution is -0.115. The summed E-state index contributed by atoms with van der Waals surface area (Å²) in [4.78, 5) is 24.4. The Hall–Kier alpha value is -3.56. The van der Waals surface area contributed by atoms with E-state index >= 15 is 0 Å². The van der Waals surface area contributed by atoms with E-state index in [1.54, 1.807) is 53.2 Å². The second kappa shape index (κ2) is 8.63. The van der Waals surface area contributed by atoms with Crippen molar-refractivity contribution >= 4 is 29.1 Å². The number of nitrogens with one attached hydrogen (secondary N) is 2. The molecule has 3 rings (SSSR count). The normalized spacial score (nSPS) is 10.3. The van der Waals surface area contributed by atoms with E-state index in [1.165, 1.54) is 0 Å². The molecule has 0 saturated heterocycles. The highest BCUT2D eigenvalue weighted by atomic mass is 35.5.